The number of phenols is 1. The van der Waals surface area contributed by atoms with E-state index in [1.165, 1.54) is 108 Å². The molecule has 7 nitrogen and oxygen atoms in total. The summed E-state index contributed by atoms with van der Waals surface area (Å²) in [5, 5.41) is 18.8. The van der Waals surface area contributed by atoms with Crippen molar-refractivity contribution in [1.29, 1.82) is 0 Å². The highest BCUT2D eigenvalue weighted by Gasteiger charge is 2.36. The zero-order chi connectivity index (χ0) is 33.7. The van der Waals surface area contributed by atoms with Gasteiger partial charge in [-0.15, -0.1) is 15.0 Å². The molecule has 2 unspecified atom stereocenters. The van der Waals surface area contributed by atoms with E-state index in [1.807, 2.05) is 50.2 Å². The molecule has 0 saturated carbocycles. The number of rotatable bonds is 23. The van der Waals surface area contributed by atoms with Crippen LogP contribution in [0.4, 0.5) is 0 Å². The third-order valence-corrected chi connectivity index (χ3v) is 9.09. The van der Waals surface area contributed by atoms with Gasteiger partial charge in [-0.1, -0.05) is 128 Å². The minimum atomic E-state index is 0.00229. The Morgan fingerprint density at radius 2 is 1.26 bits per heavy atom. The third-order valence-electron chi connectivity index (χ3n) is 9.09. The van der Waals surface area contributed by atoms with E-state index in [1.54, 1.807) is 0 Å². The largest absolute Gasteiger partial charge is 0.505 e. The Morgan fingerprint density at radius 3 is 1.83 bits per heavy atom. The predicted molar refractivity (Wildman–Crippen MR) is 193 cm³/mol. The number of benzene rings is 2. The second kappa shape index (κ2) is 22.6. The van der Waals surface area contributed by atoms with Crippen LogP contribution in [0.25, 0.3) is 16.7 Å². The number of carbonyl (C=O) groups is 1. The summed E-state index contributed by atoms with van der Waals surface area (Å²) in [6.45, 7) is 8.98. The number of epoxide rings is 1. The summed E-state index contributed by atoms with van der Waals surface area (Å²) >= 11 is 0. The molecule has 0 spiro atoms. The van der Waals surface area contributed by atoms with Crippen LogP contribution in [-0.4, -0.2) is 44.9 Å². The highest BCUT2D eigenvalue weighted by molar-refractivity contribution is 5.73. The maximum absolute atomic E-state index is 11.7. The molecule has 1 fully saturated rings. The second-order valence-corrected chi connectivity index (χ2v) is 13.5. The van der Waals surface area contributed by atoms with Crippen LogP contribution in [0.15, 0.2) is 36.4 Å². The Labute approximate surface area is 284 Å². The Bertz CT molecular complexity index is 1260. The first kappa shape index (κ1) is 38.5. The van der Waals surface area contributed by atoms with E-state index < -0.39 is 0 Å². The average Bonchev–Trinajstić information content (AvgIpc) is 3.67. The summed E-state index contributed by atoms with van der Waals surface area (Å²) in [6, 6.07) is 11.5. The number of aryl methyl sites for hydroxylation is 2. The molecule has 2 aromatic carbocycles. The Balaban J connectivity index is 0.000000282. The monoisotopic (exact) mass is 649 g/mol. The van der Waals surface area contributed by atoms with E-state index in [2.05, 4.69) is 24.0 Å². The summed E-state index contributed by atoms with van der Waals surface area (Å²) in [5.74, 6) is 0.225. The van der Waals surface area contributed by atoms with Crippen LogP contribution in [0.2, 0.25) is 0 Å². The van der Waals surface area contributed by atoms with Crippen LogP contribution in [0.5, 0.6) is 5.75 Å². The minimum Gasteiger partial charge on any atom is -0.505 e. The number of esters is 1. The van der Waals surface area contributed by atoms with Crippen molar-refractivity contribution in [1.82, 2.24) is 15.0 Å². The summed E-state index contributed by atoms with van der Waals surface area (Å²) in [6.07, 6.45) is 25.8. The highest BCUT2D eigenvalue weighted by atomic mass is 16.6. The Hall–Kier alpha value is -2.93. The topological polar surface area (TPSA) is 89.8 Å². The minimum absolute atomic E-state index is 0.00229. The van der Waals surface area contributed by atoms with Crippen molar-refractivity contribution < 1.29 is 19.4 Å². The Morgan fingerprint density at radius 1 is 0.745 bits per heavy atom. The van der Waals surface area contributed by atoms with Gasteiger partial charge in [-0.05, 0) is 68.9 Å². The van der Waals surface area contributed by atoms with Gasteiger partial charge < -0.3 is 14.6 Å². The highest BCUT2D eigenvalue weighted by Crippen LogP contribution is 2.32. The number of fused-ring (bicyclic) bond motifs is 1. The molecule has 4 rings (SSSR count). The summed E-state index contributed by atoms with van der Waals surface area (Å²) in [5.41, 5.74) is 4.14. The van der Waals surface area contributed by atoms with E-state index in [4.69, 9.17) is 9.47 Å². The molecule has 1 aliphatic rings. The molecule has 3 aromatic rings. The number of ether oxygens (including phenoxy) is 2. The van der Waals surface area contributed by atoms with Crippen molar-refractivity contribution in [2.75, 3.05) is 6.61 Å². The number of aromatic nitrogens is 3. The van der Waals surface area contributed by atoms with Crippen LogP contribution in [0.3, 0.4) is 0 Å². The van der Waals surface area contributed by atoms with Crippen molar-refractivity contribution in [2.24, 2.45) is 0 Å². The van der Waals surface area contributed by atoms with Crippen molar-refractivity contribution in [3.63, 3.8) is 0 Å². The molecule has 2 heterocycles. The number of unbranched alkanes of at least 4 members (excludes halogenated alkanes) is 14. The number of carbonyl (C=O) groups excluding carboxylic acids is 1. The van der Waals surface area contributed by atoms with Crippen LogP contribution in [0, 0.1) is 13.8 Å². The van der Waals surface area contributed by atoms with Crippen molar-refractivity contribution in [3.05, 3.63) is 47.5 Å². The zero-order valence-electron chi connectivity index (χ0n) is 30.0. The zero-order valence-corrected chi connectivity index (χ0v) is 30.0. The fourth-order valence-corrected chi connectivity index (χ4v) is 6.16. The lowest BCUT2D eigenvalue weighted by atomic mass is 10.0. The number of phenolic OH excluding ortho intramolecular Hbond substituents is 1. The van der Waals surface area contributed by atoms with Gasteiger partial charge in [-0.25, -0.2) is 0 Å². The molecule has 1 saturated heterocycles. The van der Waals surface area contributed by atoms with Gasteiger partial charge in [0.05, 0.1) is 18.8 Å². The first-order chi connectivity index (χ1) is 22.9. The molecule has 1 aromatic heterocycles. The Kier molecular flexibility index (Phi) is 18.5. The van der Waals surface area contributed by atoms with Crippen LogP contribution in [-0.2, 0) is 14.3 Å². The van der Waals surface area contributed by atoms with Crippen molar-refractivity contribution in [2.45, 2.75) is 168 Å². The van der Waals surface area contributed by atoms with Gasteiger partial charge in [-0.3, -0.25) is 4.79 Å². The van der Waals surface area contributed by atoms with E-state index in [-0.39, 0.29) is 11.7 Å². The van der Waals surface area contributed by atoms with E-state index >= 15 is 0 Å². The number of hydrogen-bond acceptors (Lipinski definition) is 6. The molecule has 47 heavy (non-hydrogen) atoms. The fourth-order valence-electron chi connectivity index (χ4n) is 6.16. The SMILES string of the molecule is CCCCCCCCOC(=O)CCCCCCCC1OC1CCCCCCCC.Cc1cc(C)c(O)c(-n2nc3ccccc3n2)c1. The van der Waals surface area contributed by atoms with Gasteiger partial charge in [0.1, 0.15) is 22.5 Å². The molecule has 2 atom stereocenters. The van der Waals surface area contributed by atoms with Crippen LogP contribution < -0.4 is 0 Å². The molecule has 0 radical (unpaired) electrons. The van der Waals surface area contributed by atoms with E-state index in [0.717, 1.165) is 41.4 Å². The van der Waals surface area contributed by atoms with Gasteiger partial charge in [0.25, 0.3) is 0 Å². The first-order valence-electron chi connectivity index (χ1n) is 18.9. The second-order valence-electron chi connectivity index (χ2n) is 13.5. The lowest BCUT2D eigenvalue weighted by molar-refractivity contribution is -0.143. The molecule has 1 aliphatic heterocycles. The van der Waals surface area contributed by atoms with Gasteiger partial charge >= 0.3 is 5.97 Å². The maximum atomic E-state index is 11.7. The molecule has 0 bridgehead atoms. The first-order valence-corrected chi connectivity index (χ1v) is 18.9. The van der Waals surface area contributed by atoms with Gasteiger partial charge in [0.2, 0.25) is 0 Å². The van der Waals surface area contributed by atoms with E-state index in [0.29, 0.717) is 30.9 Å². The lowest BCUT2D eigenvalue weighted by Gasteiger charge is -2.07. The smallest absolute Gasteiger partial charge is 0.305 e. The molecular formula is C40H63N3O4. The van der Waals surface area contributed by atoms with Crippen LogP contribution >= 0.6 is 0 Å². The third kappa shape index (κ3) is 15.2. The van der Waals surface area contributed by atoms with Crippen molar-refractivity contribution in [3.8, 4) is 11.4 Å². The van der Waals surface area contributed by atoms with Gasteiger partial charge in [0, 0.05) is 6.42 Å². The molecule has 0 aliphatic carbocycles. The fraction of sp³-hybridized carbons (Fsp3) is 0.675. The maximum Gasteiger partial charge on any atom is 0.305 e. The number of hydrogen-bond donors (Lipinski definition) is 1. The predicted octanol–water partition coefficient (Wildman–Crippen LogP) is 10.9. The molecule has 262 valence electrons. The standard InChI is InChI=1S/C26H50O3.C14H13N3O/c1-3-5-7-9-12-16-20-24-25(29-24)21-17-13-11-14-18-22-26(27)28-23-19-15-10-8-6-4-2;1-9-7-10(2)14(18)13(8-9)17-15-11-5-3-4-6-12(11)16-17/h24-25H,3-23H2,1-2H3;3-8,18H,1-2H3. The van der Waals surface area contributed by atoms with Gasteiger partial charge in [0.15, 0.2) is 0 Å². The molecular weight excluding hydrogens is 586 g/mol. The molecule has 1 N–H and O–H groups in total. The van der Waals surface area contributed by atoms with Crippen molar-refractivity contribution >= 4 is 17.0 Å². The van der Waals surface area contributed by atoms with Crippen LogP contribution in [0.1, 0.15) is 153 Å². The molecule has 0 amide bonds. The quantitative estimate of drug-likeness (QED) is 0.0624. The average molecular weight is 650 g/mol. The summed E-state index contributed by atoms with van der Waals surface area (Å²) < 4.78 is 11.1. The lowest BCUT2D eigenvalue weighted by Crippen LogP contribution is -2.05. The number of nitrogens with zero attached hydrogens (tertiary/aromatic N) is 3. The normalized spacial score (nSPS) is 15.4. The number of aromatic hydroxyl groups is 1. The molecule has 7 heteroatoms. The van der Waals surface area contributed by atoms with Gasteiger partial charge in [-0.2, -0.15) is 0 Å². The van der Waals surface area contributed by atoms with E-state index in [9.17, 15) is 9.90 Å². The summed E-state index contributed by atoms with van der Waals surface area (Å²) in [4.78, 5) is 13.2. The summed E-state index contributed by atoms with van der Waals surface area (Å²) in [7, 11) is 0.